The second-order valence-corrected chi connectivity index (χ2v) is 7.85. The van der Waals surface area contributed by atoms with Gasteiger partial charge < -0.3 is 9.72 Å². The quantitative estimate of drug-likeness (QED) is 0.766. The van der Waals surface area contributed by atoms with E-state index < -0.39 is 0 Å². The Kier molecular flexibility index (Phi) is 4.32. The number of nitrogens with zero attached hydrogens (tertiary/aromatic N) is 3. The summed E-state index contributed by atoms with van der Waals surface area (Å²) in [6, 6.07) is 6.84. The van der Waals surface area contributed by atoms with Crippen LogP contribution in [0.4, 0.5) is 0 Å². The van der Waals surface area contributed by atoms with Crippen molar-refractivity contribution in [3.05, 3.63) is 53.0 Å². The van der Waals surface area contributed by atoms with Crippen molar-refractivity contribution in [3.63, 3.8) is 0 Å². The van der Waals surface area contributed by atoms with Gasteiger partial charge in [-0.2, -0.15) is 0 Å². The van der Waals surface area contributed by atoms with Gasteiger partial charge in [-0.1, -0.05) is 6.07 Å². The minimum atomic E-state index is 0.569. The molecule has 2 aromatic heterocycles. The summed E-state index contributed by atoms with van der Waals surface area (Å²) in [7, 11) is 1.80. The van der Waals surface area contributed by atoms with E-state index in [1.807, 2.05) is 0 Å². The summed E-state index contributed by atoms with van der Waals surface area (Å²) in [5, 5.41) is 0. The Morgan fingerprint density at radius 3 is 2.63 bits per heavy atom. The van der Waals surface area contributed by atoms with E-state index in [0.29, 0.717) is 5.92 Å². The topological polar surface area (TPSA) is 54.0 Å². The highest BCUT2D eigenvalue weighted by atomic mass is 16.5. The molecule has 5 rings (SSSR count). The van der Waals surface area contributed by atoms with Crippen LogP contribution in [0.5, 0.6) is 5.75 Å². The summed E-state index contributed by atoms with van der Waals surface area (Å²) < 4.78 is 5.69. The van der Waals surface area contributed by atoms with Gasteiger partial charge in [-0.25, -0.2) is 4.98 Å². The molecule has 0 saturated carbocycles. The Bertz CT molecular complexity index is 923. The molecule has 0 atom stereocenters. The fourth-order valence-electron chi connectivity index (χ4n) is 4.70. The summed E-state index contributed by atoms with van der Waals surface area (Å²) in [5.74, 6) is 1.63. The smallest absolute Gasteiger partial charge is 0.156 e. The number of hydrogen-bond acceptors (Lipinski definition) is 4. The molecular formula is C22H26N4O. The Morgan fingerprint density at radius 2 is 1.85 bits per heavy atom. The highest BCUT2D eigenvalue weighted by Gasteiger charge is 2.24. The normalized spacial score (nSPS) is 18.1. The minimum absolute atomic E-state index is 0.569. The molecule has 0 amide bonds. The Hall–Kier alpha value is -2.40. The van der Waals surface area contributed by atoms with Crippen molar-refractivity contribution in [2.75, 3.05) is 20.2 Å². The van der Waals surface area contributed by atoms with E-state index in [2.05, 4.69) is 38.1 Å². The molecule has 1 fully saturated rings. The zero-order chi connectivity index (χ0) is 18.2. The van der Waals surface area contributed by atoms with Crippen molar-refractivity contribution < 1.29 is 4.74 Å². The fourth-order valence-corrected chi connectivity index (χ4v) is 4.70. The maximum atomic E-state index is 5.69. The molecule has 0 radical (unpaired) electrons. The van der Waals surface area contributed by atoms with Gasteiger partial charge in [0.1, 0.15) is 11.3 Å². The summed E-state index contributed by atoms with van der Waals surface area (Å²) in [6.45, 7) is 3.21. The average Bonchev–Trinajstić information content (AvgIpc) is 3.34. The van der Waals surface area contributed by atoms with Crippen LogP contribution in [0.1, 0.15) is 47.6 Å². The summed E-state index contributed by atoms with van der Waals surface area (Å²) >= 11 is 0. The molecule has 2 aliphatic rings. The summed E-state index contributed by atoms with van der Waals surface area (Å²) in [5.41, 5.74) is 7.51. The van der Waals surface area contributed by atoms with Crippen molar-refractivity contribution >= 4 is 11.2 Å². The second-order valence-electron chi connectivity index (χ2n) is 7.85. The lowest BCUT2D eigenvalue weighted by Gasteiger charge is -2.32. The lowest BCUT2D eigenvalue weighted by Crippen LogP contribution is -2.32. The summed E-state index contributed by atoms with van der Waals surface area (Å²) in [4.78, 5) is 14.8. The molecule has 1 N–H and O–H groups in total. The summed E-state index contributed by atoms with van der Waals surface area (Å²) in [6.07, 6.45) is 9.53. The molecular weight excluding hydrogens is 336 g/mol. The molecule has 3 aromatic rings. The Labute approximate surface area is 159 Å². The van der Waals surface area contributed by atoms with Gasteiger partial charge in [-0.3, -0.25) is 9.88 Å². The van der Waals surface area contributed by atoms with E-state index in [4.69, 9.17) is 4.74 Å². The van der Waals surface area contributed by atoms with Gasteiger partial charge >= 0.3 is 0 Å². The van der Waals surface area contributed by atoms with E-state index in [1.165, 1.54) is 54.5 Å². The van der Waals surface area contributed by atoms with Crippen molar-refractivity contribution in [1.82, 2.24) is 19.9 Å². The van der Waals surface area contributed by atoms with Crippen LogP contribution in [0.25, 0.3) is 11.2 Å². The monoisotopic (exact) mass is 362 g/mol. The van der Waals surface area contributed by atoms with Gasteiger partial charge in [0.05, 0.1) is 7.11 Å². The molecule has 0 spiro atoms. The molecule has 3 heterocycles. The third-order valence-electron chi connectivity index (χ3n) is 6.20. The number of nitrogens with one attached hydrogen (secondary N) is 1. The first kappa shape index (κ1) is 16.8. The zero-order valence-electron chi connectivity index (χ0n) is 15.9. The Balaban J connectivity index is 1.27. The van der Waals surface area contributed by atoms with Crippen LogP contribution in [0, 0.1) is 0 Å². The molecule has 0 unspecified atom stereocenters. The predicted octanol–water partition coefficient (Wildman–Crippen LogP) is 3.83. The molecule has 1 aromatic carbocycles. The zero-order valence-corrected chi connectivity index (χ0v) is 15.9. The predicted molar refractivity (Wildman–Crippen MR) is 106 cm³/mol. The Morgan fingerprint density at radius 1 is 1.07 bits per heavy atom. The van der Waals surface area contributed by atoms with Gasteiger partial charge in [0.25, 0.3) is 0 Å². The fraction of sp³-hybridized carbons (Fsp3) is 0.455. The number of ether oxygens (including phenoxy) is 1. The van der Waals surface area contributed by atoms with Gasteiger partial charge in [0.2, 0.25) is 0 Å². The molecule has 1 aliphatic heterocycles. The van der Waals surface area contributed by atoms with Crippen LogP contribution in [-0.4, -0.2) is 40.1 Å². The number of aromatic nitrogens is 3. The van der Waals surface area contributed by atoms with E-state index in [-0.39, 0.29) is 0 Å². The van der Waals surface area contributed by atoms with E-state index in [1.54, 1.807) is 19.5 Å². The SMILES string of the molecule is COc1cc2c(cc1CN1CCC(c3cc4nccnc4[nH]3)CC1)CCC2. The molecule has 1 aliphatic carbocycles. The van der Waals surface area contributed by atoms with Gasteiger partial charge in [-0.05, 0) is 68.5 Å². The number of aromatic amines is 1. The van der Waals surface area contributed by atoms with Crippen molar-refractivity contribution in [2.24, 2.45) is 0 Å². The maximum Gasteiger partial charge on any atom is 0.156 e. The molecule has 5 heteroatoms. The standard InChI is InChI=1S/C22H26N4O/c1-27-21-12-17-4-2-3-16(17)11-18(21)14-26-9-5-15(6-10-26)19-13-20-22(25-19)24-8-7-23-20/h7-8,11-13,15H,2-6,9-10,14H2,1H3,(H,24,25). The number of methoxy groups -OCH3 is 1. The lowest BCUT2D eigenvalue weighted by molar-refractivity contribution is 0.201. The van der Waals surface area contributed by atoms with Gasteiger partial charge in [0.15, 0.2) is 5.65 Å². The first-order valence-corrected chi connectivity index (χ1v) is 10.0. The van der Waals surface area contributed by atoms with Crippen molar-refractivity contribution in [3.8, 4) is 5.75 Å². The van der Waals surface area contributed by atoms with Crippen molar-refractivity contribution in [1.29, 1.82) is 0 Å². The number of rotatable bonds is 4. The number of benzene rings is 1. The number of piperidine rings is 1. The second kappa shape index (κ2) is 6.97. The van der Waals surface area contributed by atoms with Gasteiger partial charge in [0, 0.05) is 36.1 Å². The third-order valence-corrected chi connectivity index (χ3v) is 6.20. The van der Waals surface area contributed by atoms with Crippen LogP contribution in [0.15, 0.2) is 30.6 Å². The van der Waals surface area contributed by atoms with Crippen LogP contribution in [0.2, 0.25) is 0 Å². The van der Waals surface area contributed by atoms with E-state index in [0.717, 1.165) is 36.5 Å². The van der Waals surface area contributed by atoms with Gasteiger partial charge in [-0.15, -0.1) is 0 Å². The van der Waals surface area contributed by atoms with E-state index in [9.17, 15) is 0 Å². The maximum absolute atomic E-state index is 5.69. The largest absolute Gasteiger partial charge is 0.496 e. The molecule has 27 heavy (non-hydrogen) atoms. The van der Waals surface area contributed by atoms with E-state index >= 15 is 0 Å². The number of H-pyrrole nitrogens is 1. The average molecular weight is 362 g/mol. The van der Waals surface area contributed by atoms with Crippen LogP contribution >= 0.6 is 0 Å². The first-order valence-electron chi connectivity index (χ1n) is 10.0. The van der Waals surface area contributed by atoms with Crippen LogP contribution in [0.3, 0.4) is 0 Å². The highest BCUT2D eigenvalue weighted by Crippen LogP contribution is 2.33. The minimum Gasteiger partial charge on any atom is -0.496 e. The van der Waals surface area contributed by atoms with Crippen LogP contribution in [-0.2, 0) is 19.4 Å². The first-order chi connectivity index (χ1) is 13.3. The third kappa shape index (κ3) is 3.21. The number of likely N-dealkylation sites (tertiary alicyclic amines) is 1. The number of hydrogen-bond donors (Lipinski definition) is 1. The van der Waals surface area contributed by atoms with Crippen molar-refractivity contribution in [2.45, 2.75) is 44.6 Å². The molecule has 1 saturated heterocycles. The lowest BCUT2D eigenvalue weighted by atomic mass is 9.93. The number of aryl methyl sites for hydroxylation is 2. The highest BCUT2D eigenvalue weighted by molar-refractivity contribution is 5.71. The molecule has 140 valence electrons. The number of fused-ring (bicyclic) bond motifs is 2. The molecule has 0 bridgehead atoms. The van der Waals surface area contributed by atoms with Crippen LogP contribution < -0.4 is 4.74 Å². The molecule has 5 nitrogen and oxygen atoms in total.